The van der Waals surface area contributed by atoms with Crippen molar-refractivity contribution in [2.24, 2.45) is 7.05 Å². The van der Waals surface area contributed by atoms with Crippen LogP contribution in [0.15, 0.2) is 58.4 Å². The van der Waals surface area contributed by atoms with Gasteiger partial charge in [-0.1, -0.05) is 6.92 Å². The van der Waals surface area contributed by atoms with Gasteiger partial charge in [-0.05, 0) is 30.3 Å². The van der Waals surface area contributed by atoms with Crippen LogP contribution in [-0.4, -0.2) is 38.1 Å². The van der Waals surface area contributed by atoms with E-state index in [2.05, 4.69) is 0 Å². The molecule has 0 saturated carbocycles. The van der Waals surface area contributed by atoms with Gasteiger partial charge >= 0.3 is 0 Å². The van der Waals surface area contributed by atoms with E-state index >= 15 is 0 Å². The monoisotopic (exact) mass is 477 g/mol. The molecule has 10 heteroatoms. The Hall–Kier alpha value is -3.24. The van der Waals surface area contributed by atoms with E-state index in [1.165, 1.54) is 49.0 Å². The predicted octanol–water partition coefficient (Wildman–Crippen LogP) is 3.69. The number of halogens is 2. The summed E-state index contributed by atoms with van der Waals surface area (Å²) in [6.45, 7) is 2.22. The lowest BCUT2D eigenvalue weighted by Crippen LogP contribution is -2.39. The Morgan fingerprint density at radius 3 is 2.39 bits per heavy atom. The Labute approximate surface area is 189 Å². The van der Waals surface area contributed by atoms with Gasteiger partial charge in [0, 0.05) is 36.5 Å². The van der Waals surface area contributed by atoms with Gasteiger partial charge in [-0.15, -0.1) is 0 Å². The molecule has 2 aromatic carbocycles. The molecule has 1 aromatic heterocycles. The third-order valence-corrected chi connectivity index (χ3v) is 6.92. The predicted molar refractivity (Wildman–Crippen MR) is 117 cm³/mol. The second-order valence-corrected chi connectivity index (χ2v) is 9.79. The van der Waals surface area contributed by atoms with Crippen LogP contribution in [-0.2, 0) is 21.6 Å². The van der Waals surface area contributed by atoms with Crippen LogP contribution in [0.3, 0.4) is 0 Å². The Bertz CT molecular complexity index is 1370. The molecule has 2 heterocycles. The standard InChI is InChI=1S/C23H21F2NO6S/c1-3-33(28,29)16-5-7-20(32-21-6-4-14(24)8-19(21)25)17(9-16)18-11-26(2)23(27)10-22(18)31-15-12-30-13-15/h4-11,15H,3,12-13H2,1-2H3. The minimum absolute atomic E-state index is 0.0266. The number of aryl methyl sites for hydroxylation is 1. The minimum atomic E-state index is -3.59. The Kier molecular flexibility index (Phi) is 6.22. The topological polar surface area (TPSA) is 83.8 Å². The summed E-state index contributed by atoms with van der Waals surface area (Å²) in [6.07, 6.45) is 1.22. The van der Waals surface area contributed by atoms with Crippen molar-refractivity contribution < 1.29 is 31.4 Å². The quantitative estimate of drug-likeness (QED) is 0.516. The van der Waals surface area contributed by atoms with Crippen molar-refractivity contribution in [2.45, 2.75) is 17.9 Å². The number of sulfone groups is 1. The SMILES string of the molecule is CCS(=O)(=O)c1ccc(Oc2ccc(F)cc2F)c(-c2cn(C)c(=O)cc2OC2COC2)c1. The van der Waals surface area contributed by atoms with Crippen molar-refractivity contribution in [1.82, 2.24) is 4.57 Å². The van der Waals surface area contributed by atoms with Crippen molar-refractivity contribution in [1.29, 1.82) is 0 Å². The van der Waals surface area contributed by atoms with Crippen LogP contribution in [0.2, 0.25) is 0 Å². The second kappa shape index (κ2) is 8.95. The summed E-state index contributed by atoms with van der Waals surface area (Å²) >= 11 is 0. The van der Waals surface area contributed by atoms with Crippen LogP contribution >= 0.6 is 0 Å². The molecule has 1 aliphatic rings. The number of aromatic nitrogens is 1. The zero-order chi connectivity index (χ0) is 23.8. The minimum Gasteiger partial charge on any atom is -0.485 e. The molecule has 33 heavy (non-hydrogen) atoms. The molecule has 1 fully saturated rings. The van der Waals surface area contributed by atoms with E-state index in [4.69, 9.17) is 14.2 Å². The van der Waals surface area contributed by atoms with Crippen LogP contribution in [0.5, 0.6) is 17.2 Å². The van der Waals surface area contributed by atoms with Crippen molar-refractivity contribution in [2.75, 3.05) is 19.0 Å². The maximum Gasteiger partial charge on any atom is 0.254 e. The highest BCUT2D eigenvalue weighted by atomic mass is 32.2. The molecular weight excluding hydrogens is 456 g/mol. The number of ether oxygens (including phenoxy) is 3. The van der Waals surface area contributed by atoms with Gasteiger partial charge in [0.1, 0.15) is 23.4 Å². The van der Waals surface area contributed by atoms with Gasteiger partial charge in [0.2, 0.25) is 0 Å². The molecule has 0 amide bonds. The number of nitrogens with zero attached hydrogens (tertiary/aromatic N) is 1. The number of pyridine rings is 1. The lowest BCUT2D eigenvalue weighted by molar-refractivity contribution is -0.0795. The van der Waals surface area contributed by atoms with Gasteiger partial charge < -0.3 is 18.8 Å². The molecule has 0 atom stereocenters. The zero-order valence-corrected chi connectivity index (χ0v) is 18.7. The second-order valence-electron chi connectivity index (χ2n) is 7.52. The maximum absolute atomic E-state index is 14.3. The molecule has 0 unspecified atom stereocenters. The molecule has 7 nitrogen and oxygen atoms in total. The van der Waals surface area contributed by atoms with E-state index < -0.39 is 21.5 Å². The first-order valence-corrected chi connectivity index (χ1v) is 11.8. The maximum atomic E-state index is 14.3. The van der Waals surface area contributed by atoms with Crippen LogP contribution in [0, 0.1) is 11.6 Å². The van der Waals surface area contributed by atoms with Crippen molar-refractivity contribution >= 4 is 9.84 Å². The normalized spacial score (nSPS) is 14.1. The molecule has 0 radical (unpaired) electrons. The van der Waals surface area contributed by atoms with E-state index in [1.54, 1.807) is 0 Å². The summed E-state index contributed by atoms with van der Waals surface area (Å²) < 4.78 is 70.7. The molecule has 1 aliphatic heterocycles. The molecule has 4 rings (SSSR count). The van der Waals surface area contributed by atoms with Crippen LogP contribution < -0.4 is 15.0 Å². The van der Waals surface area contributed by atoms with E-state index in [1.807, 2.05) is 0 Å². The third kappa shape index (κ3) is 4.76. The first-order valence-electron chi connectivity index (χ1n) is 10.1. The fraction of sp³-hybridized carbons (Fsp3) is 0.261. The summed E-state index contributed by atoms with van der Waals surface area (Å²) in [5, 5.41) is 0. The third-order valence-electron chi connectivity index (χ3n) is 5.19. The van der Waals surface area contributed by atoms with Gasteiger partial charge in [-0.3, -0.25) is 4.79 Å². The first-order chi connectivity index (χ1) is 15.7. The lowest BCUT2D eigenvalue weighted by atomic mass is 10.0. The average molecular weight is 477 g/mol. The van der Waals surface area contributed by atoms with Gasteiger partial charge in [-0.2, -0.15) is 0 Å². The summed E-state index contributed by atoms with van der Waals surface area (Å²) in [5.74, 6) is -1.75. The lowest BCUT2D eigenvalue weighted by Gasteiger charge is -2.28. The van der Waals surface area contributed by atoms with E-state index in [9.17, 15) is 22.0 Å². The van der Waals surface area contributed by atoms with Crippen LogP contribution in [0.1, 0.15) is 6.92 Å². The van der Waals surface area contributed by atoms with Crippen LogP contribution in [0.4, 0.5) is 8.78 Å². The van der Waals surface area contributed by atoms with E-state index in [-0.39, 0.29) is 45.1 Å². The smallest absolute Gasteiger partial charge is 0.254 e. The summed E-state index contributed by atoms with van der Waals surface area (Å²) in [4.78, 5) is 12.3. The molecule has 0 aliphatic carbocycles. The zero-order valence-electron chi connectivity index (χ0n) is 17.9. The summed E-state index contributed by atoms with van der Waals surface area (Å²) in [6, 6.07) is 8.28. The van der Waals surface area contributed by atoms with Crippen molar-refractivity contribution in [3.8, 4) is 28.4 Å². The van der Waals surface area contributed by atoms with Crippen molar-refractivity contribution in [3.63, 3.8) is 0 Å². The number of hydrogen-bond acceptors (Lipinski definition) is 6. The average Bonchev–Trinajstić information content (AvgIpc) is 2.75. The number of benzene rings is 2. The molecule has 3 aromatic rings. The number of rotatable bonds is 7. The molecule has 0 N–H and O–H groups in total. The fourth-order valence-corrected chi connectivity index (χ4v) is 4.13. The Morgan fingerprint density at radius 2 is 1.76 bits per heavy atom. The summed E-state index contributed by atoms with van der Waals surface area (Å²) in [7, 11) is -2.05. The fourth-order valence-electron chi connectivity index (χ4n) is 3.22. The highest BCUT2D eigenvalue weighted by Crippen LogP contribution is 2.40. The van der Waals surface area contributed by atoms with Gasteiger partial charge in [0.15, 0.2) is 21.4 Å². The molecular formula is C23H21F2NO6S. The van der Waals surface area contributed by atoms with Gasteiger partial charge in [0.25, 0.3) is 5.56 Å². The van der Waals surface area contributed by atoms with Gasteiger partial charge in [-0.25, -0.2) is 17.2 Å². The van der Waals surface area contributed by atoms with Gasteiger partial charge in [0.05, 0.1) is 23.9 Å². The van der Waals surface area contributed by atoms with Crippen molar-refractivity contribution in [3.05, 3.63) is 70.6 Å². The molecule has 0 bridgehead atoms. The van der Waals surface area contributed by atoms with Crippen LogP contribution in [0.25, 0.3) is 11.1 Å². The Balaban J connectivity index is 1.90. The largest absolute Gasteiger partial charge is 0.485 e. The molecule has 0 spiro atoms. The van der Waals surface area contributed by atoms with E-state index in [0.717, 1.165) is 12.1 Å². The van der Waals surface area contributed by atoms with E-state index in [0.29, 0.717) is 24.8 Å². The summed E-state index contributed by atoms with van der Waals surface area (Å²) in [5.41, 5.74) is 0.298. The highest BCUT2D eigenvalue weighted by molar-refractivity contribution is 7.91. The Morgan fingerprint density at radius 1 is 1.03 bits per heavy atom. The molecule has 174 valence electrons. The first kappa shape index (κ1) is 22.9. The number of hydrogen-bond donors (Lipinski definition) is 0. The highest BCUT2D eigenvalue weighted by Gasteiger charge is 2.25. The molecule has 1 saturated heterocycles.